The van der Waals surface area contributed by atoms with E-state index in [0.717, 1.165) is 0 Å². The molecule has 8 heteroatoms. The van der Waals surface area contributed by atoms with Crippen LogP contribution in [0.1, 0.15) is 10.4 Å². The van der Waals surface area contributed by atoms with Crippen LogP contribution in [0.2, 0.25) is 0 Å². The van der Waals surface area contributed by atoms with Crippen molar-refractivity contribution < 1.29 is 19.4 Å². The fourth-order valence-electron chi connectivity index (χ4n) is 1.82. The van der Waals surface area contributed by atoms with Crippen LogP contribution >= 0.6 is 0 Å². The molecule has 0 aliphatic carbocycles. The van der Waals surface area contributed by atoms with Crippen molar-refractivity contribution >= 4 is 17.1 Å². The fraction of sp³-hybridized carbons (Fsp3) is 0.0769. The third-order valence-electron chi connectivity index (χ3n) is 2.81. The predicted molar refractivity (Wildman–Crippen MR) is 71.7 cm³/mol. The Morgan fingerprint density at radius 1 is 1.29 bits per heavy atom. The number of carboxylic acids is 1. The molecule has 0 aliphatic rings. The van der Waals surface area contributed by atoms with E-state index in [1.54, 1.807) is 6.07 Å². The topological polar surface area (TPSA) is 110 Å². The summed E-state index contributed by atoms with van der Waals surface area (Å²) in [5.41, 5.74) is 0.915. The van der Waals surface area contributed by atoms with Gasteiger partial charge >= 0.3 is 5.97 Å². The van der Waals surface area contributed by atoms with Crippen LogP contribution in [-0.4, -0.2) is 38.1 Å². The molecule has 0 spiro atoms. The minimum absolute atomic E-state index is 0.00192. The number of rotatable bonds is 4. The molecule has 0 saturated heterocycles. The molecule has 2 heterocycles. The van der Waals surface area contributed by atoms with Gasteiger partial charge in [0.1, 0.15) is 28.9 Å². The Kier molecular flexibility index (Phi) is 3.11. The second-order valence-electron chi connectivity index (χ2n) is 4.05. The van der Waals surface area contributed by atoms with Gasteiger partial charge in [-0.05, 0) is 12.1 Å². The summed E-state index contributed by atoms with van der Waals surface area (Å²) in [4.78, 5) is 26.0. The average Bonchev–Trinajstić information content (AvgIpc) is 2.96. The largest absolute Gasteiger partial charge is 0.497 e. The Hall–Kier alpha value is -3.16. The molecule has 0 fully saturated rings. The molecule has 2 aromatic heterocycles. The molecule has 1 aromatic carbocycles. The molecule has 2 N–H and O–H groups in total. The van der Waals surface area contributed by atoms with Gasteiger partial charge in [0, 0.05) is 6.07 Å². The van der Waals surface area contributed by atoms with Crippen LogP contribution < -0.4 is 9.47 Å². The predicted octanol–water partition coefficient (Wildman–Crippen LogP) is 1.85. The monoisotopic (exact) mass is 286 g/mol. The highest BCUT2D eigenvalue weighted by atomic mass is 16.5. The lowest BCUT2D eigenvalue weighted by molar-refractivity contribution is 0.0694. The van der Waals surface area contributed by atoms with Gasteiger partial charge in [-0.3, -0.25) is 0 Å². The molecular weight excluding hydrogens is 276 g/mol. The third kappa shape index (κ3) is 2.34. The van der Waals surface area contributed by atoms with Gasteiger partial charge in [-0.25, -0.2) is 14.8 Å². The molecule has 0 atom stereocenters. The third-order valence-corrected chi connectivity index (χ3v) is 2.81. The second-order valence-corrected chi connectivity index (χ2v) is 4.05. The number of H-pyrrole nitrogens is 1. The van der Waals surface area contributed by atoms with E-state index in [9.17, 15) is 9.90 Å². The molecule has 3 rings (SSSR count). The zero-order valence-corrected chi connectivity index (χ0v) is 10.9. The van der Waals surface area contributed by atoms with Crippen molar-refractivity contribution in [3.63, 3.8) is 0 Å². The number of nitrogens with one attached hydrogen (secondary N) is 1. The number of methoxy groups -OCH3 is 1. The highest BCUT2D eigenvalue weighted by Gasteiger charge is 2.16. The number of hydrogen-bond acceptors (Lipinski definition) is 6. The molecule has 21 heavy (non-hydrogen) atoms. The number of aromatic amines is 1. The van der Waals surface area contributed by atoms with Gasteiger partial charge in [0.2, 0.25) is 5.88 Å². The highest BCUT2D eigenvalue weighted by molar-refractivity contribution is 5.91. The molecule has 106 valence electrons. The van der Waals surface area contributed by atoms with Gasteiger partial charge in [-0.1, -0.05) is 0 Å². The molecule has 0 unspecified atom stereocenters. The maximum atomic E-state index is 11.3. The first-order chi connectivity index (χ1) is 10.2. The van der Waals surface area contributed by atoms with Crippen LogP contribution in [-0.2, 0) is 0 Å². The van der Waals surface area contributed by atoms with Crippen molar-refractivity contribution in [1.29, 1.82) is 0 Å². The molecule has 0 aliphatic heterocycles. The number of aromatic carboxylic acids is 1. The standard InChI is InChI=1S/C13H10N4O4/c1-20-7-2-3-8(13(18)19)9(4-7)21-12-10-11(15-5-14-10)16-6-17-12/h2-6H,1H3,(H,18,19)(H,14,15,16,17). The van der Waals surface area contributed by atoms with E-state index in [4.69, 9.17) is 9.47 Å². The normalized spacial score (nSPS) is 10.5. The summed E-state index contributed by atoms with van der Waals surface area (Å²) >= 11 is 0. The molecular formula is C13H10N4O4. The van der Waals surface area contributed by atoms with Gasteiger partial charge in [-0.15, -0.1) is 0 Å². The quantitative estimate of drug-likeness (QED) is 0.752. The molecule has 0 saturated carbocycles. The summed E-state index contributed by atoms with van der Waals surface area (Å²) in [5, 5.41) is 9.21. The van der Waals surface area contributed by atoms with E-state index in [1.807, 2.05) is 0 Å². The fourth-order valence-corrected chi connectivity index (χ4v) is 1.82. The number of fused-ring (bicyclic) bond motifs is 1. The number of aromatic nitrogens is 4. The highest BCUT2D eigenvalue weighted by Crippen LogP contribution is 2.30. The summed E-state index contributed by atoms with van der Waals surface area (Å²) < 4.78 is 10.7. The summed E-state index contributed by atoms with van der Waals surface area (Å²) in [5.74, 6) is -0.322. The SMILES string of the molecule is COc1ccc(C(=O)O)c(Oc2ncnc3nc[nH]c23)c1. The van der Waals surface area contributed by atoms with Crippen molar-refractivity contribution in [2.45, 2.75) is 0 Å². The van der Waals surface area contributed by atoms with Gasteiger partial charge in [0.05, 0.1) is 13.4 Å². The Balaban J connectivity index is 2.08. The minimum atomic E-state index is -1.11. The number of nitrogens with zero attached hydrogens (tertiary/aromatic N) is 3. The van der Waals surface area contributed by atoms with Gasteiger partial charge in [-0.2, -0.15) is 4.98 Å². The van der Waals surface area contributed by atoms with Gasteiger partial charge in [0.15, 0.2) is 5.65 Å². The lowest BCUT2D eigenvalue weighted by Gasteiger charge is -2.09. The number of carboxylic acid groups (broad SMARTS) is 1. The van der Waals surface area contributed by atoms with Crippen molar-refractivity contribution in [1.82, 2.24) is 19.9 Å². The molecule has 0 radical (unpaired) electrons. The first-order valence-electron chi connectivity index (χ1n) is 5.92. The maximum Gasteiger partial charge on any atom is 0.339 e. The Labute approximate surface area is 118 Å². The molecule has 8 nitrogen and oxygen atoms in total. The summed E-state index contributed by atoms with van der Waals surface area (Å²) in [6.45, 7) is 0. The van der Waals surface area contributed by atoms with Crippen molar-refractivity contribution in [2.75, 3.05) is 7.11 Å². The minimum Gasteiger partial charge on any atom is -0.497 e. The Morgan fingerprint density at radius 3 is 2.90 bits per heavy atom. The van der Waals surface area contributed by atoms with E-state index in [2.05, 4.69) is 19.9 Å². The van der Waals surface area contributed by atoms with E-state index in [0.29, 0.717) is 16.9 Å². The van der Waals surface area contributed by atoms with E-state index in [-0.39, 0.29) is 17.2 Å². The Bertz CT molecular complexity index is 815. The van der Waals surface area contributed by atoms with Gasteiger partial charge < -0.3 is 19.6 Å². The number of hydrogen-bond donors (Lipinski definition) is 2. The number of ether oxygens (including phenoxy) is 2. The van der Waals surface area contributed by atoms with Crippen LogP contribution in [0.3, 0.4) is 0 Å². The maximum absolute atomic E-state index is 11.3. The zero-order valence-electron chi connectivity index (χ0n) is 10.9. The smallest absolute Gasteiger partial charge is 0.339 e. The van der Waals surface area contributed by atoms with Crippen LogP contribution in [0.5, 0.6) is 17.4 Å². The lowest BCUT2D eigenvalue weighted by atomic mass is 10.2. The first-order valence-corrected chi connectivity index (χ1v) is 5.92. The van der Waals surface area contributed by atoms with Crippen LogP contribution in [0.4, 0.5) is 0 Å². The van der Waals surface area contributed by atoms with Crippen molar-refractivity contribution in [3.05, 3.63) is 36.4 Å². The summed E-state index contributed by atoms with van der Waals surface area (Å²) in [6.07, 6.45) is 2.75. The van der Waals surface area contributed by atoms with Crippen LogP contribution in [0.25, 0.3) is 11.2 Å². The number of benzene rings is 1. The summed E-state index contributed by atoms with van der Waals surface area (Å²) in [7, 11) is 1.48. The number of carbonyl (C=O) groups is 1. The number of imidazole rings is 1. The van der Waals surface area contributed by atoms with E-state index >= 15 is 0 Å². The average molecular weight is 286 g/mol. The molecule has 3 aromatic rings. The zero-order chi connectivity index (χ0) is 14.8. The van der Waals surface area contributed by atoms with Crippen molar-refractivity contribution in [3.8, 4) is 17.4 Å². The van der Waals surface area contributed by atoms with Gasteiger partial charge in [0.25, 0.3) is 0 Å². The molecule has 0 amide bonds. The van der Waals surface area contributed by atoms with E-state index in [1.165, 1.54) is 31.9 Å². The van der Waals surface area contributed by atoms with Crippen LogP contribution in [0, 0.1) is 0 Å². The summed E-state index contributed by atoms with van der Waals surface area (Å²) in [6, 6.07) is 4.43. The van der Waals surface area contributed by atoms with Crippen molar-refractivity contribution in [2.24, 2.45) is 0 Å². The van der Waals surface area contributed by atoms with E-state index < -0.39 is 5.97 Å². The first kappa shape index (κ1) is 12.9. The molecule has 0 bridgehead atoms. The lowest BCUT2D eigenvalue weighted by Crippen LogP contribution is -2.01. The Morgan fingerprint density at radius 2 is 2.14 bits per heavy atom. The van der Waals surface area contributed by atoms with Crippen LogP contribution in [0.15, 0.2) is 30.9 Å². The second kappa shape index (κ2) is 5.08.